The van der Waals surface area contributed by atoms with Gasteiger partial charge in [0.05, 0.1) is 16.0 Å². The van der Waals surface area contributed by atoms with Gasteiger partial charge in [-0.25, -0.2) is 0 Å². The quantitative estimate of drug-likeness (QED) is 0.658. The number of aliphatic imine (C=N–C) groups is 1. The van der Waals surface area contributed by atoms with Gasteiger partial charge in [0.2, 0.25) is 0 Å². The van der Waals surface area contributed by atoms with Crippen molar-refractivity contribution in [2.24, 2.45) is 10.4 Å². The van der Waals surface area contributed by atoms with E-state index in [1.807, 2.05) is 13.8 Å². The Bertz CT molecular complexity index is 471. The molecule has 1 heterocycles. The third kappa shape index (κ3) is 1.90. The molecule has 1 spiro atoms. The minimum absolute atomic E-state index is 0.0371. The van der Waals surface area contributed by atoms with E-state index < -0.39 is 0 Å². The van der Waals surface area contributed by atoms with Crippen LogP contribution >= 0.6 is 11.8 Å². The van der Waals surface area contributed by atoms with E-state index in [9.17, 15) is 4.79 Å². The SMILES string of the molecule is CSC1=NC(C)(C)CC12C=C(C)C(=O)C=C2C. The van der Waals surface area contributed by atoms with Gasteiger partial charge in [-0.1, -0.05) is 11.6 Å². The van der Waals surface area contributed by atoms with Gasteiger partial charge in [-0.15, -0.1) is 11.8 Å². The first-order valence-electron chi connectivity index (χ1n) is 5.88. The molecule has 1 unspecified atom stereocenters. The molecule has 17 heavy (non-hydrogen) atoms. The van der Waals surface area contributed by atoms with Crippen molar-refractivity contribution in [2.75, 3.05) is 6.26 Å². The Balaban J connectivity index is 2.55. The Labute approximate surface area is 107 Å². The average Bonchev–Trinajstić information content (AvgIpc) is 2.48. The normalized spacial score (nSPS) is 31.4. The molecular formula is C14H19NOS. The van der Waals surface area contributed by atoms with E-state index in [4.69, 9.17) is 4.99 Å². The fraction of sp³-hybridized carbons (Fsp3) is 0.571. The lowest BCUT2D eigenvalue weighted by atomic mass is 9.71. The molecule has 0 amide bonds. The van der Waals surface area contributed by atoms with Gasteiger partial charge >= 0.3 is 0 Å². The number of nitrogens with zero attached hydrogens (tertiary/aromatic N) is 1. The van der Waals surface area contributed by atoms with Crippen LogP contribution < -0.4 is 0 Å². The molecule has 0 radical (unpaired) electrons. The van der Waals surface area contributed by atoms with Gasteiger partial charge < -0.3 is 0 Å². The summed E-state index contributed by atoms with van der Waals surface area (Å²) in [5.74, 6) is 0.137. The Morgan fingerprint density at radius 3 is 2.59 bits per heavy atom. The second-order valence-electron chi connectivity index (χ2n) is 5.60. The molecule has 1 aliphatic heterocycles. The minimum Gasteiger partial charge on any atom is -0.290 e. The Kier molecular flexibility index (Phi) is 2.85. The van der Waals surface area contributed by atoms with Crippen molar-refractivity contribution >= 4 is 22.6 Å². The number of carbonyl (C=O) groups excluding carboxylic acids is 1. The number of rotatable bonds is 0. The number of allylic oxidation sites excluding steroid dienone is 4. The first-order chi connectivity index (χ1) is 7.81. The van der Waals surface area contributed by atoms with Crippen molar-refractivity contribution < 1.29 is 4.79 Å². The highest BCUT2D eigenvalue weighted by Gasteiger charge is 2.47. The van der Waals surface area contributed by atoms with Gasteiger partial charge in [0.15, 0.2) is 5.78 Å². The molecule has 3 heteroatoms. The maximum atomic E-state index is 11.7. The van der Waals surface area contributed by atoms with Crippen LogP contribution in [0.1, 0.15) is 34.1 Å². The number of hydrogen-bond donors (Lipinski definition) is 0. The number of thioether (sulfide) groups is 1. The summed E-state index contributed by atoms with van der Waals surface area (Å²) in [4.78, 5) is 16.5. The summed E-state index contributed by atoms with van der Waals surface area (Å²) in [6.07, 6.45) is 6.93. The monoisotopic (exact) mass is 249 g/mol. The summed E-state index contributed by atoms with van der Waals surface area (Å²) in [5, 5.41) is 1.14. The number of hydrogen-bond acceptors (Lipinski definition) is 3. The molecule has 2 aliphatic rings. The van der Waals surface area contributed by atoms with Crippen LogP contribution in [0.15, 0.2) is 28.3 Å². The molecule has 1 atom stereocenters. The van der Waals surface area contributed by atoms with E-state index in [1.165, 1.54) is 0 Å². The topological polar surface area (TPSA) is 29.4 Å². The van der Waals surface area contributed by atoms with Crippen LogP contribution in [0.5, 0.6) is 0 Å². The molecular weight excluding hydrogens is 230 g/mol. The summed E-state index contributed by atoms with van der Waals surface area (Å²) in [5.41, 5.74) is 1.81. The van der Waals surface area contributed by atoms with Gasteiger partial charge in [0.1, 0.15) is 0 Å². The maximum Gasteiger partial charge on any atom is 0.181 e. The van der Waals surface area contributed by atoms with Crippen molar-refractivity contribution in [3.63, 3.8) is 0 Å². The van der Waals surface area contributed by atoms with E-state index >= 15 is 0 Å². The summed E-state index contributed by atoms with van der Waals surface area (Å²) >= 11 is 1.70. The first kappa shape index (κ1) is 12.6. The van der Waals surface area contributed by atoms with Gasteiger partial charge in [-0.2, -0.15) is 0 Å². The standard InChI is InChI=1S/C14H19NOS/c1-9-7-14(10(2)6-11(9)16)8-13(3,4)15-12(14)17-5/h6-7H,8H2,1-5H3. The number of carbonyl (C=O) groups is 1. The molecule has 0 fully saturated rings. The van der Waals surface area contributed by atoms with E-state index in [2.05, 4.69) is 26.2 Å². The average molecular weight is 249 g/mol. The highest BCUT2D eigenvalue weighted by Crippen LogP contribution is 2.50. The molecule has 2 rings (SSSR count). The Hall–Kier alpha value is -0.830. The van der Waals surface area contributed by atoms with Gasteiger partial charge in [0.25, 0.3) is 0 Å². The predicted octanol–water partition coefficient (Wildman–Crippen LogP) is 3.39. The van der Waals surface area contributed by atoms with Gasteiger partial charge in [-0.05, 0) is 52.0 Å². The molecule has 0 saturated carbocycles. The van der Waals surface area contributed by atoms with Crippen molar-refractivity contribution in [3.05, 3.63) is 23.3 Å². The molecule has 0 aromatic heterocycles. The lowest BCUT2D eigenvalue weighted by Gasteiger charge is -2.32. The molecule has 0 aromatic rings. The zero-order valence-corrected chi connectivity index (χ0v) is 11.9. The van der Waals surface area contributed by atoms with Crippen molar-refractivity contribution in [1.29, 1.82) is 0 Å². The van der Waals surface area contributed by atoms with Crippen LogP contribution in [0.3, 0.4) is 0 Å². The molecule has 2 nitrogen and oxygen atoms in total. The molecule has 0 saturated heterocycles. The largest absolute Gasteiger partial charge is 0.290 e. The summed E-state index contributed by atoms with van der Waals surface area (Å²) in [6, 6.07) is 0. The summed E-state index contributed by atoms with van der Waals surface area (Å²) < 4.78 is 0. The Morgan fingerprint density at radius 1 is 1.35 bits per heavy atom. The molecule has 0 N–H and O–H groups in total. The van der Waals surface area contributed by atoms with E-state index in [0.29, 0.717) is 0 Å². The number of ketones is 1. The minimum atomic E-state index is -0.124. The third-order valence-electron chi connectivity index (χ3n) is 3.59. The molecule has 1 aliphatic carbocycles. The third-order valence-corrected chi connectivity index (χ3v) is 4.44. The van der Waals surface area contributed by atoms with Crippen molar-refractivity contribution in [3.8, 4) is 0 Å². The summed E-state index contributed by atoms with van der Waals surface area (Å²) in [7, 11) is 0. The van der Waals surface area contributed by atoms with Crippen LogP contribution in [0.25, 0.3) is 0 Å². The second-order valence-corrected chi connectivity index (χ2v) is 6.40. The van der Waals surface area contributed by atoms with E-state index in [1.54, 1.807) is 17.8 Å². The Morgan fingerprint density at radius 2 is 2.00 bits per heavy atom. The zero-order valence-electron chi connectivity index (χ0n) is 11.1. The van der Waals surface area contributed by atoms with E-state index in [0.717, 1.165) is 22.6 Å². The van der Waals surface area contributed by atoms with Gasteiger partial charge in [-0.3, -0.25) is 9.79 Å². The lowest BCUT2D eigenvalue weighted by Crippen LogP contribution is -2.31. The van der Waals surface area contributed by atoms with Crippen molar-refractivity contribution in [2.45, 2.75) is 39.7 Å². The van der Waals surface area contributed by atoms with Crippen LogP contribution in [0, 0.1) is 5.41 Å². The van der Waals surface area contributed by atoms with Crippen LogP contribution in [0.2, 0.25) is 0 Å². The van der Waals surface area contributed by atoms with Crippen LogP contribution in [-0.2, 0) is 4.79 Å². The molecule has 0 bridgehead atoms. The molecule has 92 valence electrons. The fourth-order valence-electron chi connectivity index (χ4n) is 2.81. The predicted molar refractivity (Wildman–Crippen MR) is 74.6 cm³/mol. The first-order valence-corrected chi connectivity index (χ1v) is 7.10. The highest BCUT2D eigenvalue weighted by molar-refractivity contribution is 8.13. The zero-order chi connectivity index (χ0) is 12.8. The van der Waals surface area contributed by atoms with Gasteiger partial charge in [0, 0.05) is 0 Å². The van der Waals surface area contributed by atoms with Crippen molar-refractivity contribution in [1.82, 2.24) is 0 Å². The molecule has 0 aromatic carbocycles. The smallest absolute Gasteiger partial charge is 0.181 e. The highest BCUT2D eigenvalue weighted by atomic mass is 32.2. The van der Waals surface area contributed by atoms with Crippen LogP contribution in [0.4, 0.5) is 0 Å². The fourth-order valence-corrected chi connectivity index (χ4v) is 3.81. The second kappa shape index (κ2) is 3.84. The van der Waals surface area contributed by atoms with E-state index in [-0.39, 0.29) is 16.7 Å². The lowest BCUT2D eigenvalue weighted by molar-refractivity contribution is -0.111. The maximum absolute atomic E-state index is 11.7. The summed E-state index contributed by atoms with van der Waals surface area (Å²) in [6.45, 7) is 8.26. The van der Waals surface area contributed by atoms with Crippen LogP contribution in [-0.4, -0.2) is 22.6 Å².